The molecule has 0 saturated heterocycles. The number of anilines is 1. The molecule has 0 unspecified atom stereocenters. The normalized spacial score (nSPS) is 13.5. The lowest BCUT2D eigenvalue weighted by atomic mass is 10.0. The Morgan fingerprint density at radius 2 is 1.65 bits per heavy atom. The van der Waals surface area contributed by atoms with Gasteiger partial charge in [0.2, 0.25) is 5.91 Å². The van der Waals surface area contributed by atoms with E-state index >= 15 is 0 Å². The maximum Gasteiger partial charge on any atom is 0.253 e. The van der Waals surface area contributed by atoms with E-state index in [9.17, 15) is 9.59 Å². The first kappa shape index (κ1) is 18.2. The van der Waals surface area contributed by atoms with Crippen molar-refractivity contribution in [2.75, 3.05) is 5.32 Å². The van der Waals surface area contributed by atoms with Gasteiger partial charge < -0.3 is 10.6 Å². The van der Waals surface area contributed by atoms with Crippen LogP contribution in [0, 0.1) is 5.92 Å². The number of carbonyl (C=O) groups excluding carboxylic acids is 2. The van der Waals surface area contributed by atoms with Crippen molar-refractivity contribution in [3.8, 4) is 0 Å². The summed E-state index contributed by atoms with van der Waals surface area (Å²) in [5.41, 5.74) is 3.33. The second kappa shape index (κ2) is 8.17. The van der Waals surface area contributed by atoms with Gasteiger partial charge in [0.05, 0.1) is 17.7 Å². The second-order valence-electron chi connectivity index (χ2n) is 7.43. The van der Waals surface area contributed by atoms with E-state index in [0.29, 0.717) is 23.6 Å². The van der Waals surface area contributed by atoms with Crippen LogP contribution in [-0.4, -0.2) is 17.9 Å². The fourth-order valence-corrected chi connectivity index (χ4v) is 2.93. The van der Waals surface area contributed by atoms with Crippen molar-refractivity contribution in [2.45, 2.75) is 45.6 Å². The van der Waals surface area contributed by atoms with Crippen LogP contribution >= 0.6 is 0 Å². The van der Waals surface area contributed by atoms with Crippen LogP contribution in [-0.2, 0) is 17.6 Å². The molecular formula is C22H26N2O2. The molecule has 3 rings (SSSR count). The van der Waals surface area contributed by atoms with Crippen LogP contribution in [0.5, 0.6) is 0 Å². The third kappa shape index (κ3) is 5.19. The molecule has 0 aromatic heterocycles. The monoisotopic (exact) mass is 350 g/mol. The number of hydrogen-bond donors (Lipinski definition) is 2. The van der Waals surface area contributed by atoms with Crippen molar-refractivity contribution >= 4 is 17.5 Å². The van der Waals surface area contributed by atoms with Crippen LogP contribution in [0.4, 0.5) is 5.69 Å². The van der Waals surface area contributed by atoms with E-state index < -0.39 is 0 Å². The summed E-state index contributed by atoms with van der Waals surface area (Å²) in [4.78, 5) is 24.7. The van der Waals surface area contributed by atoms with Crippen molar-refractivity contribution in [1.29, 1.82) is 0 Å². The average Bonchev–Trinajstić information content (AvgIpc) is 3.40. The van der Waals surface area contributed by atoms with Crippen LogP contribution in [0.3, 0.4) is 0 Å². The highest BCUT2D eigenvalue weighted by Crippen LogP contribution is 2.21. The Labute approximate surface area is 155 Å². The topological polar surface area (TPSA) is 58.2 Å². The molecule has 0 atom stereocenters. The summed E-state index contributed by atoms with van der Waals surface area (Å²) < 4.78 is 0. The van der Waals surface area contributed by atoms with Crippen LogP contribution in [0.1, 0.15) is 48.2 Å². The summed E-state index contributed by atoms with van der Waals surface area (Å²) in [6.45, 7) is 4.39. The zero-order valence-corrected chi connectivity index (χ0v) is 15.4. The predicted molar refractivity (Wildman–Crippen MR) is 104 cm³/mol. The molecule has 0 heterocycles. The minimum atomic E-state index is -0.124. The third-order valence-corrected chi connectivity index (χ3v) is 4.39. The highest BCUT2D eigenvalue weighted by atomic mass is 16.2. The third-order valence-electron chi connectivity index (χ3n) is 4.39. The molecular weight excluding hydrogens is 324 g/mol. The zero-order chi connectivity index (χ0) is 18.5. The molecule has 2 amide bonds. The molecule has 0 aliphatic heterocycles. The van der Waals surface area contributed by atoms with Crippen molar-refractivity contribution in [3.05, 3.63) is 65.2 Å². The highest BCUT2D eigenvalue weighted by Gasteiger charge is 2.25. The van der Waals surface area contributed by atoms with Gasteiger partial charge in [-0.3, -0.25) is 9.59 Å². The second-order valence-corrected chi connectivity index (χ2v) is 7.43. The fraction of sp³-hybridized carbons (Fsp3) is 0.364. The SMILES string of the molecule is CC(C)Cc1ccc(CC(=O)Nc2ccccc2C(=O)NC2CC2)cc1. The first-order valence-electron chi connectivity index (χ1n) is 9.29. The Kier molecular flexibility index (Phi) is 5.71. The van der Waals surface area contributed by atoms with Crippen LogP contribution in [0.2, 0.25) is 0 Å². The number of nitrogens with one attached hydrogen (secondary N) is 2. The molecule has 4 heteroatoms. The van der Waals surface area contributed by atoms with E-state index in [0.717, 1.165) is 24.8 Å². The van der Waals surface area contributed by atoms with Gasteiger partial charge in [0, 0.05) is 6.04 Å². The molecule has 2 aromatic rings. The lowest BCUT2D eigenvalue weighted by molar-refractivity contribution is -0.115. The van der Waals surface area contributed by atoms with Crippen molar-refractivity contribution < 1.29 is 9.59 Å². The van der Waals surface area contributed by atoms with Gasteiger partial charge in [-0.2, -0.15) is 0 Å². The number of hydrogen-bond acceptors (Lipinski definition) is 2. The molecule has 26 heavy (non-hydrogen) atoms. The molecule has 2 N–H and O–H groups in total. The summed E-state index contributed by atoms with van der Waals surface area (Å²) in [6.07, 6.45) is 3.40. The van der Waals surface area contributed by atoms with Gasteiger partial charge in [0.25, 0.3) is 5.91 Å². The van der Waals surface area contributed by atoms with E-state index in [2.05, 4.69) is 36.6 Å². The molecule has 136 valence electrons. The van der Waals surface area contributed by atoms with Gasteiger partial charge in [0.15, 0.2) is 0 Å². The number of para-hydroxylation sites is 1. The molecule has 2 aromatic carbocycles. The Morgan fingerprint density at radius 1 is 1.00 bits per heavy atom. The highest BCUT2D eigenvalue weighted by molar-refractivity contribution is 6.04. The van der Waals surface area contributed by atoms with Gasteiger partial charge in [-0.15, -0.1) is 0 Å². The number of benzene rings is 2. The molecule has 1 aliphatic rings. The smallest absolute Gasteiger partial charge is 0.253 e. The average molecular weight is 350 g/mol. The van der Waals surface area contributed by atoms with Crippen molar-refractivity contribution in [2.24, 2.45) is 5.92 Å². The molecule has 1 fully saturated rings. The standard InChI is InChI=1S/C22H26N2O2/c1-15(2)13-16-7-9-17(10-8-16)14-21(25)24-20-6-4-3-5-19(20)22(26)23-18-11-12-18/h3-10,15,18H,11-14H2,1-2H3,(H,23,26)(H,24,25). The summed E-state index contributed by atoms with van der Waals surface area (Å²) >= 11 is 0. The van der Waals surface area contributed by atoms with Crippen molar-refractivity contribution in [1.82, 2.24) is 5.32 Å². The molecule has 1 saturated carbocycles. The number of rotatable bonds is 7. The molecule has 0 radical (unpaired) electrons. The van der Waals surface area contributed by atoms with Gasteiger partial charge >= 0.3 is 0 Å². The largest absolute Gasteiger partial charge is 0.349 e. The van der Waals surface area contributed by atoms with Gasteiger partial charge in [-0.1, -0.05) is 50.2 Å². The zero-order valence-electron chi connectivity index (χ0n) is 15.4. The van der Waals surface area contributed by atoms with Gasteiger partial charge in [-0.05, 0) is 48.4 Å². The summed E-state index contributed by atoms with van der Waals surface area (Å²) in [5, 5.41) is 5.85. The van der Waals surface area contributed by atoms with E-state index in [1.165, 1.54) is 5.56 Å². The number of amides is 2. The maximum atomic E-state index is 12.4. The maximum absolute atomic E-state index is 12.4. The van der Waals surface area contributed by atoms with E-state index in [4.69, 9.17) is 0 Å². The fourth-order valence-electron chi connectivity index (χ4n) is 2.93. The Hall–Kier alpha value is -2.62. The Morgan fingerprint density at radius 3 is 2.31 bits per heavy atom. The summed E-state index contributed by atoms with van der Waals surface area (Å²) in [7, 11) is 0. The Balaban J connectivity index is 1.62. The van der Waals surface area contributed by atoms with Gasteiger partial charge in [0.1, 0.15) is 0 Å². The number of carbonyl (C=O) groups is 2. The summed E-state index contributed by atoms with van der Waals surface area (Å²) in [5.74, 6) is 0.372. The predicted octanol–water partition coefficient (Wildman–Crippen LogP) is 3.96. The lowest BCUT2D eigenvalue weighted by Gasteiger charge is -2.11. The van der Waals surface area contributed by atoms with Crippen molar-refractivity contribution in [3.63, 3.8) is 0 Å². The lowest BCUT2D eigenvalue weighted by Crippen LogP contribution is -2.27. The van der Waals surface area contributed by atoms with E-state index in [-0.39, 0.29) is 17.9 Å². The molecule has 1 aliphatic carbocycles. The Bertz CT molecular complexity index is 777. The van der Waals surface area contributed by atoms with Gasteiger partial charge in [-0.25, -0.2) is 0 Å². The first-order chi connectivity index (χ1) is 12.5. The molecule has 0 bridgehead atoms. The minimum Gasteiger partial charge on any atom is -0.349 e. The molecule has 0 spiro atoms. The van der Waals surface area contributed by atoms with E-state index in [1.807, 2.05) is 24.3 Å². The minimum absolute atomic E-state index is 0.117. The van der Waals surface area contributed by atoms with E-state index in [1.54, 1.807) is 12.1 Å². The van der Waals surface area contributed by atoms with Crippen LogP contribution < -0.4 is 10.6 Å². The summed E-state index contributed by atoms with van der Waals surface area (Å²) in [6, 6.07) is 15.6. The van der Waals surface area contributed by atoms with Crippen LogP contribution in [0.25, 0.3) is 0 Å². The first-order valence-corrected chi connectivity index (χ1v) is 9.29. The molecule has 4 nitrogen and oxygen atoms in total. The quantitative estimate of drug-likeness (QED) is 0.794. The van der Waals surface area contributed by atoms with Crippen LogP contribution in [0.15, 0.2) is 48.5 Å².